The van der Waals surface area contributed by atoms with Crippen molar-refractivity contribution in [3.63, 3.8) is 0 Å². The number of rotatable bonds is 4. The second-order valence-electron chi connectivity index (χ2n) is 5.30. The second-order valence-corrected chi connectivity index (χ2v) is 7.19. The van der Waals surface area contributed by atoms with Gasteiger partial charge in [0.15, 0.2) is 0 Å². The maximum Gasteiger partial charge on any atom is 0.243 e. The van der Waals surface area contributed by atoms with Crippen molar-refractivity contribution in [2.75, 3.05) is 19.6 Å². The first-order valence-electron chi connectivity index (χ1n) is 7.24. The molecule has 1 aromatic rings. The highest BCUT2D eigenvalue weighted by molar-refractivity contribution is 7.89. The van der Waals surface area contributed by atoms with Crippen molar-refractivity contribution in [3.05, 3.63) is 29.3 Å². The molecule has 21 heavy (non-hydrogen) atoms. The smallest absolute Gasteiger partial charge is 0.243 e. The molecule has 0 saturated carbocycles. The highest BCUT2D eigenvalue weighted by atomic mass is 32.2. The van der Waals surface area contributed by atoms with Gasteiger partial charge in [-0.15, -0.1) is 0 Å². The van der Waals surface area contributed by atoms with Crippen LogP contribution in [-0.2, 0) is 10.0 Å². The molecule has 1 heterocycles. The van der Waals surface area contributed by atoms with E-state index in [9.17, 15) is 8.42 Å². The standard InChI is InChI=1S/C15H21N3O2S/c1-3-18(14-5-4-8-17-11-14)21(19,20)15-7-6-13(10-16)12(2)9-15/h6-7,9,14,17H,3-5,8,11H2,1-2H3. The number of nitrogens with zero attached hydrogens (tertiary/aromatic N) is 2. The topological polar surface area (TPSA) is 73.2 Å². The molecule has 0 aliphatic carbocycles. The Labute approximate surface area is 126 Å². The summed E-state index contributed by atoms with van der Waals surface area (Å²) in [5, 5.41) is 12.2. The van der Waals surface area contributed by atoms with E-state index in [1.165, 1.54) is 6.07 Å². The Hall–Kier alpha value is -1.42. The van der Waals surface area contributed by atoms with Gasteiger partial charge in [0.05, 0.1) is 16.5 Å². The largest absolute Gasteiger partial charge is 0.315 e. The number of aryl methyl sites for hydroxylation is 1. The molecular formula is C15H21N3O2S. The molecule has 2 rings (SSSR count). The maximum absolute atomic E-state index is 12.8. The van der Waals surface area contributed by atoms with E-state index in [1.54, 1.807) is 23.4 Å². The molecule has 1 aliphatic heterocycles. The van der Waals surface area contributed by atoms with Crippen LogP contribution in [0.4, 0.5) is 0 Å². The van der Waals surface area contributed by atoms with Gasteiger partial charge in [-0.2, -0.15) is 9.57 Å². The van der Waals surface area contributed by atoms with Crippen LogP contribution in [-0.4, -0.2) is 38.4 Å². The van der Waals surface area contributed by atoms with Crippen molar-refractivity contribution in [1.29, 1.82) is 5.26 Å². The summed E-state index contributed by atoms with van der Waals surface area (Å²) in [6.07, 6.45) is 1.87. The van der Waals surface area contributed by atoms with E-state index in [0.717, 1.165) is 19.4 Å². The third-order valence-electron chi connectivity index (χ3n) is 3.91. The zero-order valence-electron chi connectivity index (χ0n) is 12.5. The van der Waals surface area contributed by atoms with Crippen molar-refractivity contribution in [1.82, 2.24) is 9.62 Å². The molecule has 5 nitrogen and oxygen atoms in total. The second kappa shape index (κ2) is 6.56. The summed E-state index contributed by atoms with van der Waals surface area (Å²) in [5.41, 5.74) is 1.20. The van der Waals surface area contributed by atoms with E-state index in [-0.39, 0.29) is 10.9 Å². The van der Waals surface area contributed by atoms with Gasteiger partial charge in [-0.3, -0.25) is 0 Å². The molecule has 6 heteroatoms. The number of likely N-dealkylation sites (N-methyl/N-ethyl adjacent to an activating group) is 1. The zero-order chi connectivity index (χ0) is 15.5. The molecule has 1 unspecified atom stereocenters. The van der Waals surface area contributed by atoms with Crippen molar-refractivity contribution >= 4 is 10.0 Å². The summed E-state index contributed by atoms with van der Waals surface area (Å²) in [6.45, 7) is 5.72. The van der Waals surface area contributed by atoms with Gasteiger partial charge in [-0.25, -0.2) is 8.42 Å². The molecule has 0 aromatic heterocycles. The molecule has 1 fully saturated rings. The van der Waals surface area contributed by atoms with Gasteiger partial charge in [0.25, 0.3) is 0 Å². The fraction of sp³-hybridized carbons (Fsp3) is 0.533. The lowest BCUT2D eigenvalue weighted by molar-refractivity contribution is 0.274. The van der Waals surface area contributed by atoms with Gasteiger partial charge < -0.3 is 5.32 Å². The molecule has 0 amide bonds. The van der Waals surface area contributed by atoms with Crippen LogP contribution in [0.1, 0.15) is 30.9 Å². The maximum atomic E-state index is 12.8. The fourth-order valence-electron chi connectivity index (χ4n) is 2.76. The lowest BCUT2D eigenvalue weighted by Crippen LogP contribution is -2.48. The predicted octanol–water partition coefficient (Wildman–Crippen LogP) is 1.63. The minimum Gasteiger partial charge on any atom is -0.315 e. The fourth-order valence-corrected chi connectivity index (χ4v) is 4.51. The van der Waals surface area contributed by atoms with Crippen molar-refractivity contribution in [2.45, 2.75) is 37.6 Å². The number of hydrogen-bond donors (Lipinski definition) is 1. The molecule has 1 aliphatic rings. The van der Waals surface area contributed by atoms with Gasteiger partial charge in [0.1, 0.15) is 0 Å². The Kier molecular flexibility index (Phi) is 4.99. The van der Waals surface area contributed by atoms with Gasteiger partial charge in [0, 0.05) is 19.1 Å². The number of piperidine rings is 1. The average molecular weight is 307 g/mol. The minimum absolute atomic E-state index is 0.00435. The highest BCUT2D eigenvalue weighted by Crippen LogP contribution is 2.23. The summed E-state index contributed by atoms with van der Waals surface area (Å²) < 4.78 is 27.2. The van der Waals surface area contributed by atoms with Gasteiger partial charge in [-0.1, -0.05) is 6.92 Å². The molecule has 0 spiro atoms. The summed E-state index contributed by atoms with van der Waals surface area (Å²) in [5.74, 6) is 0. The summed E-state index contributed by atoms with van der Waals surface area (Å²) in [7, 11) is -3.51. The monoisotopic (exact) mass is 307 g/mol. The Morgan fingerprint density at radius 2 is 2.24 bits per heavy atom. The molecule has 1 atom stereocenters. The lowest BCUT2D eigenvalue weighted by atomic mass is 10.1. The zero-order valence-corrected chi connectivity index (χ0v) is 13.3. The van der Waals surface area contributed by atoms with Crippen LogP contribution >= 0.6 is 0 Å². The molecule has 1 aromatic carbocycles. The van der Waals surface area contributed by atoms with E-state index in [0.29, 0.717) is 24.2 Å². The lowest BCUT2D eigenvalue weighted by Gasteiger charge is -2.33. The molecule has 1 N–H and O–H groups in total. The molecule has 0 bridgehead atoms. The number of nitrogens with one attached hydrogen (secondary N) is 1. The summed E-state index contributed by atoms with van der Waals surface area (Å²) in [4.78, 5) is 0.270. The van der Waals surface area contributed by atoms with Crippen LogP contribution in [0.25, 0.3) is 0 Å². The Balaban J connectivity index is 2.35. The van der Waals surface area contributed by atoms with Crippen LogP contribution in [0.3, 0.4) is 0 Å². The van der Waals surface area contributed by atoms with Crippen molar-refractivity contribution < 1.29 is 8.42 Å². The Morgan fingerprint density at radius 1 is 1.48 bits per heavy atom. The van der Waals surface area contributed by atoms with Gasteiger partial charge >= 0.3 is 0 Å². The highest BCUT2D eigenvalue weighted by Gasteiger charge is 2.31. The van der Waals surface area contributed by atoms with Crippen molar-refractivity contribution in [2.24, 2.45) is 0 Å². The van der Waals surface area contributed by atoms with E-state index >= 15 is 0 Å². The van der Waals surface area contributed by atoms with E-state index in [1.807, 2.05) is 6.92 Å². The van der Waals surface area contributed by atoms with Crippen LogP contribution in [0.5, 0.6) is 0 Å². The molecular weight excluding hydrogens is 286 g/mol. The third kappa shape index (κ3) is 3.26. The van der Waals surface area contributed by atoms with Crippen LogP contribution in [0, 0.1) is 18.3 Å². The van der Waals surface area contributed by atoms with Crippen molar-refractivity contribution in [3.8, 4) is 6.07 Å². The summed E-state index contributed by atoms with van der Waals surface area (Å²) in [6, 6.07) is 6.76. The van der Waals surface area contributed by atoms with Crippen LogP contribution in [0.2, 0.25) is 0 Å². The van der Waals surface area contributed by atoms with Crippen LogP contribution < -0.4 is 5.32 Å². The number of nitriles is 1. The third-order valence-corrected chi connectivity index (χ3v) is 5.94. The first-order valence-corrected chi connectivity index (χ1v) is 8.68. The normalized spacial score (nSPS) is 19.4. The van der Waals surface area contributed by atoms with E-state index < -0.39 is 10.0 Å². The summed E-state index contributed by atoms with van der Waals surface area (Å²) >= 11 is 0. The molecule has 0 radical (unpaired) electrons. The van der Waals surface area contributed by atoms with Crippen LogP contribution in [0.15, 0.2) is 23.1 Å². The number of benzene rings is 1. The Morgan fingerprint density at radius 3 is 2.76 bits per heavy atom. The Bertz CT molecular complexity index is 643. The molecule has 114 valence electrons. The number of sulfonamides is 1. The first-order chi connectivity index (χ1) is 10.0. The first kappa shape index (κ1) is 16.0. The number of hydrogen-bond acceptors (Lipinski definition) is 4. The molecule has 1 saturated heterocycles. The van der Waals surface area contributed by atoms with Gasteiger partial charge in [0.2, 0.25) is 10.0 Å². The van der Waals surface area contributed by atoms with Gasteiger partial charge in [-0.05, 0) is 50.1 Å². The average Bonchev–Trinajstić information content (AvgIpc) is 2.48. The minimum atomic E-state index is -3.51. The quantitative estimate of drug-likeness (QED) is 0.917. The predicted molar refractivity (Wildman–Crippen MR) is 81.4 cm³/mol. The van der Waals surface area contributed by atoms with E-state index in [2.05, 4.69) is 11.4 Å². The SMILES string of the molecule is CCN(C1CCCNC1)S(=O)(=O)c1ccc(C#N)c(C)c1. The van der Waals surface area contributed by atoms with E-state index in [4.69, 9.17) is 5.26 Å².